The number of aryl methyl sites for hydroxylation is 2. The lowest BCUT2D eigenvalue weighted by Crippen LogP contribution is -2.14. The lowest BCUT2D eigenvalue weighted by atomic mass is 10.1. The Morgan fingerprint density at radius 3 is 2.96 bits per heavy atom. The van der Waals surface area contributed by atoms with Gasteiger partial charge in [-0.3, -0.25) is 4.79 Å². The summed E-state index contributed by atoms with van der Waals surface area (Å²) in [6.45, 7) is 0.499. The predicted molar refractivity (Wildman–Crippen MR) is 105 cm³/mol. The van der Waals surface area contributed by atoms with Crippen molar-refractivity contribution < 1.29 is 9.53 Å². The number of carbonyl (C=O) groups excluding carboxylic acids is 1. The minimum atomic E-state index is -0.0304. The number of nitriles is 1. The molecule has 3 rings (SSSR count). The van der Waals surface area contributed by atoms with Crippen LogP contribution < -0.4 is 10.1 Å². The number of benzene rings is 2. The van der Waals surface area contributed by atoms with Crippen LogP contribution in [0.2, 0.25) is 0 Å². The third-order valence-electron chi connectivity index (χ3n) is 4.26. The minimum absolute atomic E-state index is 0.0304. The van der Waals surface area contributed by atoms with Gasteiger partial charge in [0.15, 0.2) is 0 Å². The average molecular weight is 366 g/mol. The summed E-state index contributed by atoms with van der Waals surface area (Å²) in [5, 5.41) is 11.4. The SMILES string of the molecule is N#CCCCOc1cccc(NC(=O)CSc2ccc3c(c2)CCC3)c1. The fourth-order valence-electron chi connectivity index (χ4n) is 2.99. The molecule has 134 valence electrons. The standard InChI is InChI=1S/C21H22N2O2S/c22-11-1-2-12-25-19-8-4-7-18(14-19)23-21(24)15-26-20-10-9-16-5-3-6-17(16)13-20/h4,7-10,13-14H,1-3,5-6,12,15H2,(H,23,24). The number of carbonyl (C=O) groups is 1. The Bertz CT molecular complexity index is 814. The lowest BCUT2D eigenvalue weighted by molar-refractivity contribution is -0.113. The van der Waals surface area contributed by atoms with Crippen LogP contribution in [0.5, 0.6) is 5.75 Å². The second kappa shape index (κ2) is 9.30. The van der Waals surface area contributed by atoms with Gasteiger partial charge in [-0.05, 0) is 61.1 Å². The first-order valence-corrected chi connectivity index (χ1v) is 9.87. The number of rotatable bonds is 8. The predicted octanol–water partition coefficient (Wildman–Crippen LogP) is 4.59. The zero-order valence-corrected chi connectivity index (χ0v) is 15.5. The maximum atomic E-state index is 12.2. The molecule has 0 fully saturated rings. The molecule has 0 atom stereocenters. The first-order valence-electron chi connectivity index (χ1n) is 8.89. The summed E-state index contributed by atoms with van der Waals surface area (Å²) >= 11 is 1.56. The number of hydrogen-bond donors (Lipinski definition) is 1. The molecule has 1 N–H and O–H groups in total. The van der Waals surface area contributed by atoms with E-state index < -0.39 is 0 Å². The summed E-state index contributed by atoms with van der Waals surface area (Å²) < 4.78 is 5.59. The van der Waals surface area contributed by atoms with Crippen molar-refractivity contribution in [1.29, 1.82) is 5.26 Å². The van der Waals surface area contributed by atoms with Gasteiger partial charge in [-0.2, -0.15) is 5.26 Å². The molecule has 0 aliphatic heterocycles. The van der Waals surface area contributed by atoms with E-state index in [4.69, 9.17) is 10.00 Å². The smallest absolute Gasteiger partial charge is 0.234 e. The second-order valence-corrected chi connectivity index (χ2v) is 7.31. The zero-order chi connectivity index (χ0) is 18.2. The highest BCUT2D eigenvalue weighted by Crippen LogP contribution is 2.27. The number of amides is 1. The molecule has 0 unspecified atom stereocenters. The number of anilines is 1. The summed E-state index contributed by atoms with van der Waals surface area (Å²) in [6.07, 6.45) is 4.74. The minimum Gasteiger partial charge on any atom is -0.493 e. The van der Waals surface area contributed by atoms with Crippen molar-refractivity contribution >= 4 is 23.4 Å². The molecule has 5 heteroatoms. The fourth-order valence-corrected chi connectivity index (χ4v) is 3.75. The number of unbranched alkanes of at least 4 members (excludes halogenated alkanes) is 1. The van der Waals surface area contributed by atoms with Crippen LogP contribution >= 0.6 is 11.8 Å². The Morgan fingerprint density at radius 1 is 1.19 bits per heavy atom. The van der Waals surface area contributed by atoms with E-state index in [2.05, 4.69) is 29.6 Å². The monoisotopic (exact) mass is 366 g/mol. The molecule has 0 heterocycles. The van der Waals surface area contributed by atoms with Crippen LogP contribution in [0.25, 0.3) is 0 Å². The van der Waals surface area contributed by atoms with E-state index in [9.17, 15) is 4.79 Å². The summed E-state index contributed by atoms with van der Waals surface area (Å²) in [4.78, 5) is 13.4. The van der Waals surface area contributed by atoms with E-state index in [1.807, 2.05) is 24.3 Å². The molecule has 1 aliphatic carbocycles. The quantitative estimate of drug-likeness (QED) is 0.548. The van der Waals surface area contributed by atoms with E-state index in [1.165, 1.54) is 24.0 Å². The molecule has 0 aromatic heterocycles. The number of nitrogens with zero attached hydrogens (tertiary/aromatic N) is 1. The maximum absolute atomic E-state index is 12.2. The molecule has 0 radical (unpaired) electrons. The van der Waals surface area contributed by atoms with Crippen LogP contribution in [-0.2, 0) is 17.6 Å². The van der Waals surface area contributed by atoms with Crippen LogP contribution in [0.1, 0.15) is 30.4 Å². The van der Waals surface area contributed by atoms with Crippen LogP contribution in [0.3, 0.4) is 0 Å². The Labute approximate surface area is 158 Å². The zero-order valence-electron chi connectivity index (χ0n) is 14.7. The Balaban J connectivity index is 1.48. The normalized spacial score (nSPS) is 12.3. The van der Waals surface area contributed by atoms with Gasteiger partial charge in [0.2, 0.25) is 5.91 Å². The highest BCUT2D eigenvalue weighted by atomic mass is 32.2. The summed E-state index contributed by atoms with van der Waals surface area (Å²) in [6, 6.07) is 16.0. The van der Waals surface area contributed by atoms with Gasteiger partial charge in [-0.25, -0.2) is 0 Å². The van der Waals surface area contributed by atoms with Gasteiger partial charge in [0.05, 0.1) is 18.4 Å². The highest BCUT2D eigenvalue weighted by Gasteiger charge is 2.12. The topological polar surface area (TPSA) is 62.1 Å². The lowest BCUT2D eigenvalue weighted by Gasteiger charge is -2.09. The molecule has 0 saturated heterocycles. The molecule has 0 spiro atoms. The van der Waals surface area contributed by atoms with Crippen LogP contribution in [0, 0.1) is 11.3 Å². The number of fused-ring (bicyclic) bond motifs is 1. The third kappa shape index (κ3) is 5.27. The van der Waals surface area contributed by atoms with Crippen molar-refractivity contribution in [2.45, 2.75) is 37.0 Å². The number of thioether (sulfide) groups is 1. The van der Waals surface area contributed by atoms with E-state index in [1.54, 1.807) is 11.8 Å². The maximum Gasteiger partial charge on any atom is 0.234 e. The van der Waals surface area contributed by atoms with Gasteiger partial charge in [-0.15, -0.1) is 11.8 Å². The first kappa shape index (κ1) is 18.3. The van der Waals surface area contributed by atoms with Gasteiger partial charge in [-0.1, -0.05) is 12.1 Å². The molecule has 1 amide bonds. The molecular formula is C21H22N2O2S. The van der Waals surface area contributed by atoms with E-state index in [-0.39, 0.29) is 5.91 Å². The van der Waals surface area contributed by atoms with Crippen molar-refractivity contribution in [2.24, 2.45) is 0 Å². The Morgan fingerprint density at radius 2 is 2.08 bits per heavy atom. The summed E-state index contributed by atoms with van der Waals surface area (Å²) in [7, 11) is 0. The fraction of sp³-hybridized carbons (Fsp3) is 0.333. The summed E-state index contributed by atoms with van der Waals surface area (Å²) in [5.41, 5.74) is 3.60. The number of nitrogens with one attached hydrogen (secondary N) is 1. The molecule has 26 heavy (non-hydrogen) atoms. The van der Waals surface area contributed by atoms with E-state index in [0.717, 1.165) is 17.0 Å². The summed E-state index contributed by atoms with van der Waals surface area (Å²) in [5.74, 6) is 1.05. The van der Waals surface area contributed by atoms with E-state index in [0.29, 0.717) is 31.0 Å². The van der Waals surface area contributed by atoms with Crippen LogP contribution in [0.4, 0.5) is 5.69 Å². The van der Waals surface area contributed by atoms with Gasteiger partial charge in [0.1, 0.15) is 5.75 Å². The average Bonchev–Trinajstić information content (AvgIpc) is 3.12. The highest BCUT2D eigenvalue weighted by molar-refractivity contribution is 8.00. The first-order chi connectivity index (χ1) is 12.7. The van der Waals surface area contributed by atoms with Gasteiger partial charge in [0, 0.05) is 23.1 Å². The second-order valence-electron chi connectivity index (χ2n) is 6.26. The van der Waals surface area contributed by atoms with Gasteiger partial charge >= 0.3 is 0 Å². The van der Waals surface area contributed by atoms with Crippen molar-refractivity contribution in [2.75, 3.05) is 17.7 Å². The van der Waals surface area contributed by atoms with Crippen molar-refractivity contribution in [3.8, 4) is 11.8 Å². The number of ether oxygens (including phenoxy) is 1. The number of hydrogen-bond acceptors (Lipinski definition) is 4. The third-order valence-corrected chi connectivity index (χ3v) is 5.25. The molecular weight excluding hydrogens is 344 g/mol. The van der Waals surface area contributed by atoms with Crippen molar-refractivity contribution in [1.82, 2.24) is 0 Å². The van der Waals surface area contributed by atoms with Crippen molar-refractivity contribution in [3.63, 3.8) is 0 Å². The molecule has 2 aromatic carbocycles. The molecule has 2 aromatic rings. The van der Waals surface area contributed by atoms with Gasteiger partial charge in [0.25, 0.3) is 0 Å². The Hall–Kier alpha value is -2.45. The van der Waals surface area contributed by atoms with Gasteiger partial charge < -0.3 is 10.1 Å². The largest absolute Gasteiger partial charge is 0.493 e. The van der Waals surface area contributed by atoms with Crippen molar-refractivity contribution in [3.05, 3.63) is 53.6 Å². The molecule has 4 nitrogen and oxygen atoms in total. The van der Waals surface area contributed by atoms with E-state index >= 15 is 0 Å². The molecule has 0 bridgehead atoms. The van der Waals surface area contributed by atoms with Crippen LogP contribution in [-0.4, -0.2) is 18.3 Å². The molecule has 1 aliphatic rings. The van der Waals surface area contributed by atoms with Crippen LogP contribution in [0.15, 0.2) is 47.4 Å². The molecule has 0 saturated carbocycles. The Kier molecular flexibility index (Phi) is 6.56.